The normalized spacial score (nSPS) is 13.7. The molecule has 172 valence electrons. The molecule has 8 heteroatoms. The molecule has 3 aromatic rings. The lowest BCUT2D eigenvalue weighted by atomic mass is 10.1. The van der Waals surface area contributed by atoms with Crippen molar-refractivity contribution in [2.75, 3.05) is 33.9 Å². The molecule has 1 fully saturated rings. The molecule has 1 aliphatic rings. The third-order valence-electron chi connectivity index (χ3n) is 5.65. The van der Waals surface area contributed by atoms with Crippen LogP contribution < -0.4 is 14.5 Å². The van der Waals surface area contributed by atoms with Gasteiger partial charge < -0.3 is 10.2 Å². The van der Waals surface area contributed by atoms with Gasteiger partial charge in [-0.3, -0.25) is 9.10 Å². The third kappa shape index (κ3) is 5.86. The molecule has 1 aliphatic heterocycles. The van der Waals surface area contributed by atoms with Crippen LogP contribution >= 0.6 is 11.6 Å². The van der Waals surface area contributed by atoms with Gasteiger partial charge >= 0.3 is 0 Å². The first-order valence-corrected chi connectivity index (χ1v) is 13.0. The second kappa shape index (κ2) is 9.85. The molecule has 4 rings (SSSR count). The van der Waals surface area contributed by atoms with Crippen LogP contribution in [0, 0.1) is 0 Å². The highest BCUT2D eigenvalue weighted by Crippen LogP contribution is 2.24. The highest BCUT2D eigenvalue weighted by Gasteiger charge is 2.19. The molecule has 0 bridgehead atoms. The smallest absolute Gasteiger partial charge is 0.255 e. The largest absolute Gasteiger partial charge is 0.372 e. The van der Waals surface area contributed by atoms with Crippen LogP contribution in [0.2, 0.25) is 5.02 Å². The lowest BCUT2D eigenvalue weighted by Crippen LogP contribution is -2.29. The van der Waals surface area contributed by atoms with Crippen molar-refractivity contribution >= 4 is 44.6 Å². The summed E-state index contributed by atoms with van der Waals surface area (Å²) >= 11 is 5.93. The molecule has 0 saturated carbocycles. The zero-order valence-electron chi connectivity index (χ0n) is 18.4. The van der Waals surface area contributed by atoms with E-state index in [0.29, 0.717) is 22.0 Å². The van der Waals surface area contributed by atoms with Crippen LogP contribution in [0.4, 0.5) is 17.1 Å². The van der Waals surface area contributed by atoms with Crippen molar-refractivity contribution in [3.05, 3.63) is 88.9 Å². The minimum absolute atomic E-state index is 0.172. The van der Waals surface area contributed by atoms with E-state index in [1.54, 1.807) is 48.5 Å². The Bertz CT molecular complexity index is 1210. The number of anilines is 3. The van der Waals surface area contributed by atoms with Crippen molar-refractivity contribution in [2.45, 2.75) is 19.4 Å². The first kappa shape index (κ1) is 23.1. The Morgan fingerprint density at radius 1 is 0.939 bits per heavy atom. The Labute approximate surface area is 199 Å². The maximum absolute atomic E-state index is 12.7. The number of carbonyl (C=O) groups is 1. The van der Waals surface area contributed by atoms with Gasteiger partial charge in [-0.25, -0.2) is 8.42 Å². The molecule has 1 saturated heterocycles. The van der Waals surface area contributed by atoms with E-state index in [2.05, 4.69) is 10.2 Å². The molecule has 1 amide bonds. The van der Waals surface area contributed by atoms with E-state index in [1.165, 1.54) is 17.1 Å². The number of amides is 1. The molecule has 0 spiro atoms. The SMILES string of the molecule is CS(=O)(=O)N(Cc1ccc(Cl)cc1)c1ccc(C(=O)Nc2ccc(N3CCCC3)cc2)cc1. The topological polar surface area (TPSA) is 69.7 Å². The summed E-state index contributed by atoms with van der Waals surface area (Å²) in [6.07, 6.45) is 3.59. The van der Waals surface area contributed by atoms with Gasteiger partial charge in [-0.2, -0.15) is 0 Å². The molecule has 0 aromatic heterocycles. The average Bonchev–Trinajstić information content (AvgIpc) is 3.33. The molecule has 1 heterocycles. The molecule has 33 heavy (non-hydrogen) atoms. The third-order valence-corrected chi connectivity index (χ3v) is 7.05. The van der Waals surface area contributed by atoms with Crippen molar-refractivity contribution in [1.29, 1.82) is 0 Å². The highest BCUT2D eigenvalue weighted by atomic mass is 35.5. The standard InChI is InChI=1S/C25H26ClN3O3S/c1-33(31,32)29(18-19-4-8-21(26)9-5-19)24-12-6-20(7-13-24)25(30)27-22-10-14-23(15-11-22)28-16-2-3-17-28/h4-15H,2-3,16-18H2,1H3,(H,27,30). The summed E-state index contributed by atoms with van der Waals surface area (Å²) < 4.78 is 26.1. The monoisotopic (exact) mass is 483 g/mol. The first-order valence-electron chi connectivity index (χ1n) is 10.8. The van der Waals surface area contributed by atoms with Crippen LogP contribution in [-0.4, -0.2) is 33.7 Å². The van der Waals surface area contributed by atoms with Gasteiger partial charge in [-0.05, 0) is 79.1 Å². The van der Waals surface area contributed by atoms with E-state index < -0.39 is 10.0 Å². The van der Waals surface area contributed by atoms with Crippen LogP contribution in [0.3, 0.4) is 0 Å². The summed E-state index contributed by atoms with van der Waals surface area (Å²) in [4.78, 5) is 15.0. The number of rotatable bonds is 7. The minimum atomic E-state index is -3.52. The Balaban J connectivity index is 1.45. The molecule has 0 radical (unpaired) electrons. The van der Waals surface area contributed by atoms with Crippen molar-refractivity contribution in [2.24, 2.45) is 0 Å². The quantitative estimate of drug-likeness (QED) is 0.504. The number of benzene rings is 3. The summed E-state index contributed by atoms with van der Waals surface area (Å²) in [5.74, 6) is -0.251. The molecular weight excluding hydrogens is 458 g/mol. The molecule has 3 aromatic carbocycles. The molecule has 6 nitrogen and oxygen atoms in total. The molecule has 1 N–H and O–H groups in total. The molecule has 0 aliphatic carbocycles. The summed E-state index contributed by atoms with van der Waals surface area (Å²) in [6.45, 7) is 2.31. The fourth-order valence-electron chi connectivity index (χ4n) is 3.87. The van der Waals surface area contributed by atoms with E-state index in [1.807, 2.05) is 24.3 Å². The van der Waals surface area contributed by atoms with Gasteiger partial charge in [0.2, 0.25) is 10.0 Å². The van der Waals surface area contributed by atoms with Gasteiger partial charge in [0.1, 0.15) is 0 Å². The molecule has 0 unspecified atom stereocenters. The maximum atomic E-state index is 12.7. The van der Waals surface area contributed by atoms with Gasteiger partial charge in [-0.15, -0.1) is 0 Å². The predicted octanol–water partition coefficient (Wildman–Crippen LogP) is 5.16. The Kier molecular flexibility index (Phi) is 6.91. The fraction of sp³-hybridized carbons (Fsp3) is 0.240. The minimum Gasteiger partial charge on any atom is -0.372 e. The van der Waals surface area contributed by atoms with Gasteiger partial charge in [0.05, 0.1) is 18.5 Å². The van der Waals surface area contributed by atoms with Crippen LogP contribution in [-0.2, 0) is 16.6 Å². The maximum Gasteiger partial charge on any atom is 0.255 e. The van der Waals surface area contributed by atoms with Gasteiger partial charge in [0.25, 0.3) is 5.91 Å². The van der Waals surface area contributed by atoms with Crippen LogP contribution in [0.5, 0.6) is 0 Å². The lowest BCUT2D eigenvalue weighted by molar-refractivity contribution is 0.102. The second-order valence-electron chi connectivity index (χ2n) is 8.14. The van der Waals surface area contributed by atoms with Crippen molar-refractivity contribution in [3.8, 4) is 0 Å². The van der Waals surface area contributed by atoms with Crippen LogP contribution in [0.15, 0.2) is 72.8 Å². The Hall–Kier alpha value is -3.03. The number of nitrogens with zero attached hydrogens (tertiary/aromatic N) is 2. The number of sulfonamides is 1. The second-order valence-corrected chi connectivity index (χ2v) is 10.5. The molecule has 0 atom stereocenters. The van der Waals surface area contributed by atoms with E-state index >= 15 is 0 Å². The Morgan fingerprint density at radius 2 is 1.55 bits per heavy atom. The number of nitrogens with one attached hydrogen (secondary N) is 1. The number of carbonyl (C=O) groups excluding carboxylic acids is 1. The van der Waals surface area contributed by atoms with E-state index in [-0.39, 0.29) is 12.5 Å². The van der Waals surface area contributed by atoms with Crippen LogP contribution in [0.25, 0.3) is 0 Å². The van der Waals surface area contributed by atoms with E-state index in [4.69, 9.17) is 11.6 Å². The first-order chi connectivity index (χ1) is 15.8. The van der Waals surface area contributed by atoms with Crippen molar-refractivity contribution < 1.29 is 13.2 Å². The van der Waals surface area contributed by atoms with Crippen molar-refractivity contribution in [3.63, 3.8) is 0 Å². The average molecular weight is 484 g/mol. The summed E-state index contributed by atoms with van der Waals surface area (Å²) in [7, 11) is -3.52. The predicted molar refractivity (Wildman–Crippen MR) is 135 cm³/mol. The van der Waals surface area contributed by atoms with E-state index in [9.17, 15) is 13.2 Å². The fourth-order valence-corrected chi connectivity index (χ4v) is 4.88. The molecular formula is C25H26ClN3O3S. The summed E-state index contributed by atoms with van der Waals surface area (Å²) in [6, 6.07) is 21.4. The van der Waals surface area contributed by atoms with Gasteiger partial charge in [-0.1, -0.05) is 23.7 Å². The van der Waals surface area contributed by atoms with E-state index in [0.717, 1.165) is 30.6 Å². The van der Waals surface area contributed by atoms with Crippen LogP contribution in [0.1, 0.15) is 28.8 Å². The summed E-state index contributed by atoms with van der Waals surface area (Å²) in [5, 5.41) is 3.49. The van der Waals surface area contributed by atoms with Gasteiger partial charge in [0.15, 0.2) is 0 Å². The zero-order valence-corrected chi connectivity index (χ0v) is 19.9. The highest BCUT2D eigenvalue weighted by molar-refractivity contribution is 7.92. The number of halogens is 1. The van der Waals surface area contributed by atoms with Gasteiger partial charge in [0, 0.05) is 35.1 Å². The Morgan fingerprint density at radius 3 is 2.12 bits per heavy atom. The summed E-state index contributed by atoms with van der Waals surface area (Å²) in [5.41, 5.74) is 3.62. The van der Waals surface area contributed by atoms with Crippen molar-refractivity contribution in [1.82, 2.24) is 0 Å². The number of hydrogen-bond donors (Lipinski definition) is 1. The number of hydrogen-bond acceptors (Lipinski definition) is 4. The lowest BCUT2D eigenvalue weighted by Gasteiger charge is -2.23. The zero-order chi connectivity index (χ0) is 23.4.